The van der Waals surface area contributed by atoms with E-state index in [4.69, 9.17) is 0 Å². The summed E-state index contributed by atoms with van der Waals surface area (Å²) in [6.45, 7) is 2.70. The van der Waals surface area contributed by atoms with E-state index in [1.165, 1.54) is 23.1 Å². The zero-order valence-corrected chi connectivity index (χ0v) is 23.0. The van der Waals surface area contributed by atoms with Gasteiger partial charge in [-0.25, -0.2) is 12.8 Å². The van der Waals surface area contributed by atoms with Crippen LogP contribution in [0, 0.1) is 12.7 Å². The summed E-state index contributed by atoms with van der Waals surface area (Å²) in [7, 11) is -4.13. The summed E-state index contributed by atoms with van der Waals surface area (Å²) in [6.07, 6.45) is 3.80. The second kappa shape index (κ2) is 12.4. The Morgan fingerprint density at radius 1 is 0.949 bits per heavy atom. The van der Waals surface area contributed by atoms with Crippen LogP contribution in [-0.2, 0) is 26.2 Å². The lowest BCUT2D eigenvalue weighted by Crippen LogP contribution is -2.52. The van der Waals surface area contributed by atoms with Gasteiger partial charge in [-0.3, -0.25) is 13.9 Å². The molecule has 206 valence electrons. The molecule has 2 amide bonds. The molecule has 7 nitrogen and oxygen atoms in total. The van der Waals surface area contributed by atoms with E-state index in [-0.39, 0.29) is 29.0 Å². The van der Waals surface area contributed by atoms with Gasteiger partial charge >= 0.3 is 0 Å². The first kappa shape index (κ1) is 28.3. The Kier molecular flexibility index (Phi) is 9.01. The Labute approximate surface area is 229 Å². The molecule has 1 atom stereocenters. The van der Waals surface area contributed by atoms with Crippen LogP contribution in [0.25, 0.3) is 0 Å². The molecule has 4 rings (SSSR count). The van der Waals surface area contributed by atoms with Gasteiger partial charge in [-0.05, 0) is 57.0 Å². The summed E-state index contributed by atoms with van der Waals surface area (Å²) in [5.74, 6) is -1.47. The highest BCUT2D eigenvalue weighted by Crippen LogP contribution is 2.25. The van der Waals surface area contributed by atoms with Gasteiger partial charge in [0.2, 0.25) is 11.8 Å². The molecule has 9 heteroatoms. The second-order valence-corrected chi connectivity index (χ2v) is 11.8. The van der Waals surface area contributed by atoms with Crippen LogP contribution in [0.15, 0.2) is 83.8 Å². The highest BCUT2D eigenvalue weighted by atomic mass is 32.2. The molecule has 0 saturated heterocycles. The number of amides is 2. The van der Waals surface area contributed by atoms with Crippen LogP contribution >= 0.6 is 0 Å². The first-order chi connectivity index (χ1) is 18.7. The third-order valence-corrected chi connectivity index (χ3v) is 8.89. The summed E-state index contributed by atoms with van der Waals surface area (Å²) in [4.78, 5) is 28.4. The molecule has 0 aliphatic heterocycles. The van der Waals surface area contributed by atoms with Crippen LogP contribution in [0.1, 0.15) is 43.7 Å². The molecule has 0 radical (unpaired) electrons. The smallest absolute Gasteiger partial charge is 0.264 e. The van der Waals surface area contributed by atoms with E-state index in [1.807, 2.05) is 6.92 Å². The molecule has 39 heavy (non-hydrogen) atoms. The van der Waals surface area contributed by atoms with Gasteiger partial charge in [-0.2, -0.15) is 0 Å². The average molecular weight is 552 g/mol. The fourth-order valence-corrected chi connectivity index (χ4v) is 6.16. The summed E-state index contributed by atoms with van der Waals surface area (Å²) in [5.41, 5.74) is 1.44. The van der Waals surface area contributed by atoms with Crippen molar-refractivity contribution in [3.63, 3.8) is 0 Å². The minimum absolute atomic E-state index is 0.0353. The number of hydrogen-bond donors (Lipinski definition) is 1. The van der Waals surface area contributed by atoms with Crippen LogP contribution in [0.2, 0.25) is 0 Å². The summed E-state index contributed by atoms with van der Waals surface area (Å²) in [5, 5.41) is 3.00. The Bertz CT molecular complexity index is 1390. The van der Waals surface area contributed by atoms with E-state index in [0.29, 0.717) is 5.69 Å². The number of benzene rings is 3. The van der Waals surface area contributed by atoms with Crippen LogP contribution in [0.3, 0.4) is 0 Å². The second-order valence-electron chi connectivity index (χ2n) is 9.94. The topological polar surface area (TPSA) is 86.8 Å². The molecule has 0 spiro atoms. The third-order valence-electron chi connectivity index (χ3n) is 7.10. The highest BCUT2D eigenvalue weighted by molar-refractivity contribution is 7.92. The fraction of sp³-hybridized carbons (Fsp3) is 0.333. The molecule has 1 aliphatic rings. The van der Waals surface area contributed by atoms with Gasteiger partial charge in [0.1, 0.15) is 18.4 Å². The molecule has 1 N–H and O–H groups in total. The Hall–Kier alpha value is -3.72. The Morgan fingerprint density at radius 3 is 2.21 bits per heavy atom. The number of aryl methyl sites for hydroxylation is 1. The van der Waals surface area contributed by atoms with Gasteiger partial charge in [0.05, 0.1) is 10.6 Å². The number of carbonyl (C=O) groups excluding carboxylic acids is 2. The average Bonchev–Trinajstić information content (AvgIpc) is 3.44. The number of sulfonamides is 1. The predicted molar refractivity (Wildman–Crippen MR) is 149 cm³/mol. The molecule has 1 aliphatic carbocycles. The van der Waals surface area contributed by atoms with Gasteiger partial charge in [0, 0.05) is 18.2 Å². The van der Waals surface area contributed by atoms with Gasteiger partial charge in [-0.15, -0.1) is 0 Å². The first-order valence-electron chi connectivity index (χ1n) is 13.1. The molecule has 0 aromatic heterocycles. The van der Waals surface area contributed by atoms with Gasteiger partial charge in [0.15, 0.2) is 0 Å². The lowest BCUT2D eigenvalue weighted by atomic mass is 10.1. The number of nitrogens with one attached hydrogen (secondary N) is 1. The van der Waals surface area contributed by atoms with Crippen molar-refractivity contribution in [2.45, 2.75) is 63.1 Å². The van der Waals surface area contributed by atoms with E-state index >= 15 is 0 Å². The monoisotopic (exact) mass is 551 g/mol. The number of rotatable bonds is 10. The first-order valence-corrected chi connectivity index (χ1v) is 14.6. The van der Waals surface area contributed by atoms with Crippen LogP contribution in [-0.4, -0.2) is 43.8 Å². The molecule has 1 saturated carbocycles. The molecule has 1 fully saturated rings. The van der Waals surface area contributed by atoms with Crippen LogP contribution in [0.4, 0.5) is 10.1 Å². The Morgan fingerprint density at radius 2 is 1.56 bits per heavy atom. The van der Waals surface area contributed by atoms with Crippen molar-refractivity contribution in [3.8, 4) is 0 Å². The SMILES string of the molecule is Cc1ccc(S(=O)(=O)N(CC(=O)N(Cc2ccccc2F)C(C)C(=O)NC2CCCC2)c2ccccc2)cc1. The number of anilines is 1. The van der Waals surface area contributed by atoms with E-state index in [2.05, 4.69) is 5.32 Å². The van der Waals surface area contributed by atoms with Crippen molar-refractivity contribution in [3.05, 3.63) is 95.8 Å². The van der Waals surface area contributed by atoms with E-state index < -0.39 is 34.3 Å². The molecular formula is C30H34FN3O4S. The minimum Gasteiger partial charge on any atom is -0.352 e. The van der Waals surface area contributed by atoms with Crippen molar-refractivity contribution in [1.82, 2.24) is 10.2 Å². The van der Waals surface area contributed by atoms with Gasteiger partial charge < -0.3 is 10.2 Å². The number of nitrogens with zero attached hydrogens (tertiary/aromatic N) is 2. The van der Waals surface area contributed by atoms with Gasteiger partial charge in [0.25, 0.3) is 10.0 Å². The van der Waals surface area contributed by atoms with Crippen LogP contribution in [0.5, 0.6) is 0 Å². The largest absolute Gasteiger partial charge is 0.352 e. The van der Waals surface area contributed by atoms with Crippen LogP contribution < -0.4 is 9.62 Å². The number of carbonyl (C=O) groups is 2. The van der Waals surface area contributed by atoms with Crippen molar-refractivity contribution in [2.24, 2.45) is 0 Å². The van der Waals surface area contributed by atoms with E-state index in [0.717, 1.165) is 35.6 Å². The summed E-state index contributed by atoms with van der Waals surface area (Å²) < 4.78 is 43.2. The summed E-state index contributed by atoms with van der Waals surface area (Å²) >= 11 is 0. The number of halogens is 1. The molecule has 0 heterocycles. The predicted octanol–water partition coefficient (Wildman–Crippen LogP) is 4.81. The summed E-state index contributed by atoms with van der Waals surface area (Å²) in [6, 6.07) is 19.9. The highest BCUT2D eigenvalue weighted by Gasteiger charge is 2.33. The molecule has 1 unspecified atom stereocenters. The third kappa shape index (κ3) is 6.84. The van der Waals surface area contributed by atoms with Crippen molar-refractivity contribution in [1.29, 1.82) is 0 Å². The van der Waals surface area contributed by atoms with E-state index in [9.17, 15) is 22.4 Å². The normalized spacial score (nSPS) is 14.5. The van der Waals surface area contributed by atoms with Crippen molar-refractivity contribution >= 4 is 27.5 Å². The number of para-hydroxylation sites is 1. The van der Waals surface area contributed by atoms with Gasteiger partial charge in [-0.1, -0.05) is 66.9 Å². The Balaban J connectivity index is 1.67. The maximum Gasteiger partial charge on any atom is 0.264 e. The maximum absolute atomic E-state index is 14.6. The number of hydrogen-bond acceptors (Lipinski definition) is 4. The molecule has 3 aromatic rings. The zero-order valence-electron chi connectivity index (χ0n) is 22.2. The lowest BCUT2D eigenvalue weighted by molar-refractivity contribution is -0.139. The lowest BCUT2D eigenvalue weighted by Gasteiger charge is -2.32. The fourth-order valence-electron chi connectivity index (χ4n) is 4.75. The van der Waals surface area contributed by atoms with Crippen molar-refractivity contribution in [2.75, 3.05) is 10.8 Å². The standard InChI is InChI=1S/C30H34FN3O4S/c1-22-16-18-27(19-17-22)39(37,38)34(26-13-4-3-5-14-26)21-29(35)33(20-24-10-6-9-15-28(24)31)23(2)30(36)32-25-11-7-8-12-25/h3-6,9-10,13-19,23,25H,7-8,11-12,20-21H2,1-2H3,(H,32,36). The molecule has 0 bridgehead atoms. The van der Waals surface area contributed by atoms with Crippen molar-refractivity contribution < 1.29 is 22.4 Å². The molecular weight excluding hydrogens is 517 g/mol. The maximum atomic E-state index is 14.6. The molecule has 3 aromatic carbocycles. The zero-order chi connectivity index (χ0) is 28.0. The minimum atomic E-state index is -4.13. The quantitative estimate of drug-likeness (QED) is 0.392. The van der Waals surface area contributed by atoms with E-state index in [1.54, 1.807) is 67.6 Å².